The van der Waals surface area contributed by atoms with E-state index in [2.05, 4.69) is 73.0 Å². The highest BCUT2D eigenvalue weighted by Gasteiger charge is 2.36. The van der Waals surface area contributed by atoms with E-state index >= 15 is 0 Å². The summed E-state index contributed by atoms with van der Waals surface area (Å²) in [7, 11) is 2.08. The lowest BCUT2D eigenvalue weighted by Crippen LogP contribution is -2.42. The van der Waals surface area contributed by atoms with Gasteiger partial charge in [0.2, 0.25) is 0 Å². The largest absolute Gasteiger partial charge is 0.353 e. The van der Waals surface area contributed by atoms with Gasteiger partial charge < -0.3 is 9.47 Å². The number of benzene rings is 2. The summed E-state index contributed by atoms with van der Waals surface area (Å²) in [6.45, 7) is 7.58. The molecule has 4 rings (SSSR count). The van der Waals surface area contributed by atoms with Gasteiger partial charge >= 0.3 is 0 Å². The quantitative estimate of drug-likeness (QED) is 0.529. The maximum atomic E-state index is 13.4. The summed E-state index contributed by atoms with van der Waals surface area (Å²) in [6.07, 6.45) is 2.08. The number of rotatable bonds is 7. The van der Waals surface area contributed by atoms with Crippen LogP contribution in [0.2, 0.25) is 0 Å². The summed E-state index contributed by atoms with van der Waals surface area (Å²) >= 11 is 0. The highest BCUT2D eigenvalue weighted by atomic mass is 19.1. The van der Waals surface area contributed by atoms with Crippen molar-refractivity contribution in [3.63, 3.8) is 0 Å². The smallest absolute Gasteiger partial charge is 0.254 e. The van der Waals surface area contributed by atoms with E-state index in [4.69, 9.17) is 0 Å². The molecule has 5 heteroatoms. The highest BCUT2D eigenvalue weighted by Crippen LogP contribution is 2.34. The maximum absolute atomic E-state index is 13.4. The molecule has 0 bridgehead atoms. The minimum Gasteiger partial charge on any atom is -0.353 e. The molecule has 1 aliphatic rings. The van der Waals surface area contributed by atoms with E-state index < -0.39 is 0 Å². The van der Waals surface area contributed by atoms with E-state index in [1.54, 1.807) is 12.1 Å². The molecule has 2 aromatic carbocycles. The topological polar surface area (TPSA) is 28.5 Å². The van der Waals surface area contributed by atoms with Gasteiger partial charge in [-0.25, -0.2) is 4.39 Å². The van der Waals surface area contributed by atoms with Crippen LogP contribution in [0.25, 0.3) is 0 Å². The number of aromatic nitrogens is 1. The van der Waals surface area contributed by atoms with Gasteiger partial charge in [-0.1, -0.05) is 30.3 Å². The highest BCUT2D eigenvalue weighted by molar-refractivity contribution is 5.94. The number of aryl methyl sites for hydroxylation is 1. The Bertz CT molecular complexity index is 1030. The molecule has 2 atom stereocenters. The molecule has 32 heavy (non-hydrogen) atoms. The van der Waals surface area contributed by atoms with Crippen molar-refractivity contribution < 1.29 is 9.18 Å². The summed E-state index contributed by atoms with van der Waals surface area (Å²) in [4.78, 5) is 17.7. The molecular formula is C27H32FN3O. The van der Waals surface area contributed by atoms with Crippen molar-refractivity contribution in [2.45, 2.75) is 32.4 Å². The van der Waals surface area contributed by atoms with Gasteiger partial charge in [0.1, 0.15) is 5.82 Å². The average Bonchev–Trinajstić information content (AvgIpc) is 3.38. The number of hydrogen-bond donors (Lipinski definition) is 0. The first-order valence-electron chi connectivity index (χ1n) is 11.4. The fourth-order valence-electron chi connectivity index (χ4n) is 4.78. The fraction of sp³-hybridized carbons (Fsp3) is 0.370. The molecule has 1 aromatic heterocycles. The van der Waals surface area contributed by atoms with Gasteiger partial charge in [-0.2, -0.15) is 0 Å². The molecule has 0 N–H and O–H groups in total. The van der Waals surface area contributed by atoms with E-state index in [1.165, 1.54) is 23.4 Å². The second-order valence-corrected chi connectivity index (χ2v) is 9.14. The summed E-state index contributed by atoms with van der Waals surface area (Å²) in [6, 6.07) is 20.8. The first-order valence-corrected chi connectivity index (χ1v) is 11.4. The van der Waals surface area contributed by atoms with E-state index in [0.717, 1.165) is 19.6 Å². The zero-order chi connectivity index (χ0) is 22.7. The molecular weight excluding hydrogens is 401 g/mol. The molecule has 0 radical (unpaired) electrons. The van der Waals surface area contributed by atoms with Crippen LogP contribution in [0.1, 0.15) is 41.4 Å². The molecule has 3 aromatic rings. The molecule has 1 saturated heterocycles. The third-order valence-corrected chi connectivity index (χ3v) is 6.59. The van der Waals surface area contributed by atoms with E-state index in [0.29, 0.717) is 23.9 Å². The van der Waals surface area contributed by atoms with Gasteiger partial charge in [0.05, 0.1) is 0 Å². The average molecular weight is 434 g/mol. The molecule has 1 aliphatic heterocycles. The number of likely N-dealkylation sites (tertiary alicyclic amines) is 1. The van der Waals surface area contributed by atoms with Crippen LogP contribution in [0, 0.1) is 11.7 Å². The molecule has 1 fully saturated rings. The summed E-state index contributed by atoms with van der Waals surface area (Å²) < 4.78 is 15.5. The number of carbonyl (C=O) groups is 1. The Balaban J connectivity index is 1.56. The maximum Gasteiger partial charge on any atom is 0.254 e. The van der Waals surface area contributed by atoms with Crippen LogP contribution in [0.5, 0.6) is 0 Å². The van der Waals surface area contributed by atoms with Crippen LogP contribution in [-0.2, 0) is 13.6 Å². The lowest BCUT2D eigenvalue weighted by atomic mass is 9.88. The van der Waals surface area contributed by atoms with Crippen LogP contribution >= 0.6 is 0 Å². The van der Waals surface area contributed by atoms with Crippen molar-refractivity contribution in [3.05, 3.63) is 95.6 Å². The van der Waals surface area contributed by atoms with Gasteiger partial charge in [-0.15, -0.1) is 0 Å². The van der Waals surface area contributed by atoms with Gasteiger partial charge in [0.25, 0.3) is 5.91 Å². The van der Waals surface area contributed by atoms with Crippen molar-refractivity contribution in [3.8, 4) is 0 Å². The van der Waals surface area contributed by atoms with Crippen molar-refractivity contribution in [2.75, 3.05) is 19.6 Å². The van der Waals surface area contributed by atoms with Gasteiger partial charge in [-0.05, 0) is 61.7 Å². The molecule has 4 nitrogen and oxygen atoms in total. The number of nitrogens with zero attached hydrogens (tertiary/aromatic N) is 3. The van der Waals surface area contributed by atoms with Crippen molar-refractivity contribution in [1.82, 2.24) is 14.4 Å². The minimum atomic E-state index is -0.325. The molecule has 1 amide bonds. The zero-order valence-electron chi connectivity index (χ0n) is 19.1. The summed E-state index contributed by atoms with van der Waals surface area (Å²) in [5, 5.41) is 0. The molecule has 0 spiro atoms. The Kier molecular flexibility index (Phi) is 6.75. The fourth-order valence-corrected chi connectivity index (χ4v) is 4.78. The standard InChI is InChI=1S/C27H32FN3O/c1-20(2)31(27(32)22-11-13-24(28)14-12-22)17-23-16-30(18-25-10-7-15-29(25)3)19-26(23)21-8-5-4-6-9-21/h4-15,20,23,26H,16-19H2,1-3H3/t23-,26+/m1/s1. The van der Waals surface area contributed by atoms with Gasteiger partial charge in [-0.3, -0.25) is 9.69 Å². The van der Waals surface area contributed by atoms with Crippen molar-refractivity contribution in [2.24, 2.45) is 13.0 Å². The van der Waals surface area contributed by atoms with Crippen molar-refractivity contribution in [1.29, 1.82) is 0 Å². The van der Waals surface area contributed by atoms with Crippen LogP contribution in [0.15, 0.2) is 72.9 Å². The normalized spacial score (nSPS) is 18.9. The lowest BCUT2D eigenvalue weighted by molar-refractivity contribution is 0.0668. The van der Waals surface area contributed by atoms with Gasteiger partial charge in [0, 0.05) is 62.6 Å². The van der Waals surface area contributed by atoms with Crippen LogP contribution in [0.4, 0.5) is 4.39 Å². The third kappa shape index (κ3) is 4.94. The Morgan fingerprint density at radius 3 is 2.38 bits per heavy atom. The predicted molar refractivity (Wildman–Crippen MR) is 126 cm³/mol. The first kappa shape index (κ1) is 22.3. The van der Waals surface area contributed by atoms with E-state index in [9.17, 15) is 9.18 Å². The number of amides is 1. The van der Waals surface area contributed by atoms with Gasteiger partial charge in [0.15, 0.2) is 0 Å². The molecule has 0 aliphatic carbocycles. The number of halogens is 1. The lowest BCUT2D eigenvalue weighted by Gasteiger charge is -2.32. The second-order valence-electron chi connectivity index (χ2n) is 9.14. The minimum absolute atomic E-state index is 0.0345. The van der Waals surface area contributed by atoms with E-state index in [1.807, 2.05) is 11.0 Å². The summed E-state index contributed by atoms with van der Waals surface area (Å²) in [5.74, 6) is 0.324. The molecule has 0 saturated carbocycles. The number of hydrogen-bond acceptors (Lipinski definition) is 2. The monoisotopic (exact) mass is 433 g/mol. The van der Waals surface area contributed by atoms with Crippen LogP contribution < -0.4 is 0 Å². The Hall–Kier alpha value is -2.92. The number of carbonyl (C=O) groups excluding carboxylic acids is 1. The Morgan fingerprint density at radius 2 is 1.75 bits per heavy atom. The molecule has 2 heterocycles. The Morgan fingerprint density at radius 1 is 1.03 bits per heavy atom. The third-order valence-electron chi connectivity index (χ3n) is 6.59. The summed E-state index contributed by atoms with van der Waals surface area (Å²) in [5.41, 5.74) is 3.15. The SMILES string of the molecule is CC(C)N(C[C@H]1CN(Cc2cccn2C)C[C@H]1c1ccccc1)C(=O)c1ccc(F)cc1. The van der Waals surface area contributed by atoms with Crippen LogP contribution in [-0.4, -0.2) is 46.0 Å². The predicted octanol–water partition coefficient (Wildman–Crippen LogP) is 4.93. The van der Waals surface area contributed by atoms with Crippen molar-refractivity contribution >= 4 is 5.91 Å². The second kappa shape index (κ2) is 9.70. The zero-order valence-corrected chi connectivity index (χ0v) is 19.1. The van der Waals surface area contributed by atoms with Crippen LogP contribution in [0.3, 0.4) is 0 Å². The molecule has 0 unspecified atom stereocenters. The first-order chi connectivity index (χ1) is 15.4. The van der Waals surface area contributed by atoms with E-state index in [-0.39, 0.29) is 17.8 Å². The Labute approximate surface area is 190 Å². The molecule has 168 valence electrons.